The predicted octanol–water partition coefficient (Wildman–Crippen LogP) is 7.47. The normalized spacial score (nSPS) is 18.7. The van der Waals surface area contributed by atoms with Crippen molar-refractivity contribution in [3.63, 3.8) is 0 Å². The molecular weight excluding hydrogens is 610 g/mol. The zero-order valence-electron chi connectivity index (χ0n) is 24.7. The smallest absolute Gasteiger partial charge is 0.293 e. The van der Waals surface area contributed by atoms with Gasteiger partial charge in [-0.25, -0.2) is 22.5 Å². The van der Waals surface area contributed by atoms with E-state index >= 15 is 8.78 Å². The summed E-state index contributed by atoms with van der Waals surface area (Å²) >= 11 is 0. The number of carbonyl (C=O) groups is 1. The van der Waals surface area contributed by atoms with Gasteiger partial charge in [-0.3, -0.25) is 14.5 Å². The second kappa shape index (κ2) is 11.0. The van der Waals surface area contributed by atoms with Crippen molar-refractivity contribution >= 4 is 16.9 Å². The van der Waals surface area contributed by atoms with Gasteiger partial charge in [-0.2, -0.15) is 13.9 Å². The van der Waals surface area contributed by atoms with Gasteiger partial charge in [-0.05, 0) is 60.6 Å². The fraction of sp³-hybridized carbons (Fsp3) is 0.333. The molecule has 2 N–H and O–H groups in total. The number of alkyl halides is 4. The monoisotopic (exact) mass is 638 g/mol. The number of carbonyl (C=O) groups excluding carboxylic acids is 1. The first kappa shape index (κ1) is 30.0. The van der Waals surface area contributed by atoms with Crippen LogP contribution in [0.25, 0.3) is 22.2 Å². The number of hydrogen-bond donors (Lipinski definition) is 2. The summed E-state index contributed by atoms with van der Waals surface area (Å²) in [6.07, 6.45) is 0.224. The molecular formula is C33H28F6N6O. The number of H-pyrrole nitrogens is 1. The lowest BCUT2D eigenvalue weighted by Gasteiger charge is -2.23. The fourth-order valence-electron chi connectivity index (χ4n) is 6.53. The van der Waals surface area contributed by atoms with E-state index in [1.807, 2.05) is 32.0 Å². The summed E-state index contributed by atoms with van der Waals surface area (Å²) in [6.45, 7) is 3.23. The Bertz CT molecular complexity index is 1950. The van der Waals surface area contributed by atoms with Crippen molar-refractivity contribution in [1.29, 1.82) is 0 Å². The molecule has 0 radical (unpaired) electrons. The van der Waals surface area contributed by atoms with Crippen molar-refractivity contribution in [1.82, 2.24) is 30.0 Å². The lowest BCUT2D eigenvalue weighted by Crippen LogP contribution is -2.35. The number of aromatic amines is 1. The quantitative estimate of drug-likeness (QED) is 0.164. The SMILES string of the molecule is CC(C)c1ccc(-c2cc3[nH]ccc3nc2C(Cc2cc(F)cc(F)c2)NC(=O)Cn2nc(C(F)F)c3c2C(F)(F)C2CC32)cn1. The Labute approximate surface area is 259 Å². The minimum Gasteiger partial charge on any atom is -0.360 e. The highest BCUT2D eigenvalue weighted by atomic mass is 19.3. The first-order valence-corrected chi connectivity index (χ1v) is 14.9. The Morgan fingerprint density at radius 1 is 1.09 bits per heavy atom. The minimum atomic E-state index is -3.40. The number of benzene rings is 1. The minimum absolute atomic E-state index is 0.0902. The lowest BCUT2D eigenvalue weighted by atomic mass is 9.95. The number of pyridine rings is 2. The van der Waals surface area contributed by atoms with Gasteiger partial charge in [0.1, 0.15) is 29.6 Å². The standard InChI is InChI=1S/C33H28F6N6O/c1-15(2)23-4-3-17(13-41-23)20-12-25-24(5-6-40-25)43-29(20)26(9-16-7-18(34)10-19(35)8-16)42-27(46)14-45-31-28(30(44-45)32(36)37)21-11-22(21)33(31,38)39/h3-8,10,12-13,15,21-22,26,32,40H,9,11,14H2,1-2H3,(H,42,46). The molecule has 7 nitrogen and oxygen atoms in total. The van der Waals surface area contributed by atoms with Crippen LogP contribution in [0, 0.1) is 17.6 Å². The summed E-state index contributed by atoms with van der Waals surface area (Å²) in [7, 11) is 0. The number of fused-ring (bicyclic) bond motifs is 4. The van der Waals surface area contributed by atoms with Crippen molar-refractivity contribution in [2.24, 2.45) is 5.92 Å². The van der Waals surface area contributed by atoms with Crippen molar-refractivity contribution in [3.8, 4) is 11.1 Å². The number of halogens is 6. The largest absolute Gasteiger partial charge is 0.360 e. The number of hydrogen-bond acceptors (Lipinski definition) is 4. The number of nitrogens with one attached hydrogen (secondary N) is 2. The second-order valence-electron chi connectivity index (χ2n) is 12.2. The van der Waals surface area contributed by atoms with E-state index in [4.69, 9.17) is 4.98 Å². The molecule has 0 bridgehead atoms. The van der Waals surface area contributed by atoms with Crippen LogP contribution in [0.1, 0.15) is 78.5 Å². The lowest BCUT2D eigenvalue weighted by molar-refractivity contribution is -0.123. The van der Waals surface area contributed by atoms with Gasteiger partial charge < -0.3 is 10.3 Å². The van der Waals surface area contributed by atoms with Crippen LogP contribution in [0.4, 0.5) is 26.3 Å². The van der Waals surface area contributed by atoms with E-state index in [9.17, 15) is 22.4 Å². The van der Waals surface area contributed by atoms with Crippen molar-refractivity contribution in [2.45, 2.75) is 63.5 Å². The molecule has 13 heteroatoms. The van der Waals surface area contributed by atoms with E-state index in [2.05, 4.69) is 20.4 Å². The average molecular weight is 639 g/mol. The highest BCUT2D eigenvalue weighted by Gasteiger charge is 2.67. The molecule has 238 valence electrons. The maximum atomic E-state index is 15.2. The van der Waals surface area contributed by atoms with Crippen molar-refractivity contribution in [3.05, 3.63) is 100 Å². The van der Waals surface area contributed by atoms with E-state index in [1.54, 1.807) is 18.5 Å². The molecule has 3 atom stereocenters. The summed E-state index contributed by atoms with van der Waals surface area (Å²) in [5, 5.41) is 6.53. The Balaban J connectivity index is 1.29. The van der Waals surface area contributed by atoms with E-state index in [-0.39, 0.29) is 29.9 Å². The highest BCUT2D eigenvalue weighted by molar-refractivity contribution is 5.83. The molecule has 2 aliphatic rings. The van der Waals surface area contributed by atoms with Gasteiger partial charge in [0.15, 0.2) is 0 Å². The summed E-state index contributed by atoms with van der Waals surface area (Å²) in [5.74, 6) is -7.50. The van der Waals surface area contributed by atoms with Crippen LogP contribution in [0.3, 0.4) is 0 Å². The molecule has 4 heterocycles. The molecule has 1 amide bonds. The van der Waals surface area contributed by atoms with Gasteiger partial charge in [0.2, 0.25) is 5.91 Å². The number of amides is 1. The van der Waals surface area contributed by atoms with Crippen molar-refractivity contribution < 1.29 is 31.1 Å². The number of aromatic nitrogens is 5. The van der Waals surface area contributed by atoms with Gasteiger partial charge in [-0.1, -0.05) is 19.9 Å². The summed E-state index contributed by atoms with van der Waals surface area (Å²) in [5.41, 5.74) is 2.24. The van der Waals surface area contributed by atoms with Gasteiger partial charge in [0.05, 0.1) is 22.8 Å². The Kier molecular flexibility index (Phi) is 7.17. The van der Waals surface area contributed by atoms with E-state index in [0.29, 0.717) is 32.5 Å². The molecule has 46 heavy (non-hydrogen) atoms. The molecule has 0 aliphatic heterocycles. The molecule has 1 saturated carbocycles. The van der Waals surface area contributed by atoms with Crippen LogP contribution in [0.2, 0.25) is 0 Å². The molecule has 0 spiro atoms. The highest BCUT2D eigenvalue weighted by Crippen LogP contribution is 2.68. The van der Waals surface area contributed by atoms with Crippen LogP contribution >= 0.6 is 0 Å². The van der Waals surface area contributed by atoms with Gasteiger partial charge >= 0.3 is 0 Å². The molecule has 1 aromatic carbocycles. The van der Waals surface area contributed by atoms with Crippen molar-refractivity contribution in [2.75, 3.05) is 0 Å². The van der Waals surface area contributed by atoms with Crippen LogP contribution in [-0.2, 0) is 23.7 Å². The topological polar surface area (TPSA) is 88.5 Å². The number of rotatable bonds is 9. The first-order valence-electron chi connectivity index (χ1n) is 14.9. The van der Waals surface area contributed by atoms with Crippen LogP contribution < -0.4 is 5.32 Å². The van der Waals surface area contributed by atoms with E-state index in [0.717, 1.165) is 23.9 Å². The van der Waals surface area contributed by atoms with Crippen LogP contribution in [-0.4, -0.2) is 30.6 Å². The third-order valence-electron chi connectivity index (χ3n) is 8.74. The summed E-state index contributed by atoms with van der Waals surface area (Å²) in [4.78, 5) is 26.0. The molecule has 3 unspecified atom stereocenters. The molecule has 2 aliphatic carbocycles. The first-order chi connectivity index (χ1) is 21.9. The van der Waals surface area contributed by atoms with Crippen LogP contribution in [0.15, 0.2) is 54.9 Å². The van der Waals surface area contributed by atoms with Gasteiger partial charge in [-0.15, -0.1) is 0 Å². The molecule has 4 aromatic heterocycles. The Morgan fingerprint density at radius 3 is 2.52 bits per heavy atom. The van der Waals surface area contributed by atoms with E-state index < -0.39 is 65.7 Å². The summed E-state index contributed by atoms with van der Waals surface area (Å²) < 4.78 is 87.1. The zero-order valence-corrected chi connectivity index (χ0v) is 24.7. The third kappa shape index (κ3) is 5.21. The fourth-order valence-corrected chi connectivity index (χ4v) is 6.53. The maximum absolute atomic E-state index is 15.2. The average Bonchev–Trinajstić information content (AvgIpc) is 3.40. The second-order valence-corrected chi connectivity index (χ2v) is 12.2. The zero-order chi connectivity index (χ0) is 32.5. The third-order valence-corrected chi connectivity index (χ3v) is 8.74. The van der Waals surface area contributed by atoms with Crippen LogP contribution in [0.5, 0.6) is 0 Å². The Morgan fingerprint density at radius 2 is 1.85 bits per heavy atom. The molecule has 0 saturated heterocycles. The predicted molar refractivity (Wildman–Crippen MR) is 156 cm³/mol. The number of nitrogens with zero attached hydrogens (tertiary/aromatic N) is 4. The summed E-state index contributed by atoms with van der Waals surface area (Å²) in [6, 6.07) is 9.19. The van der Waals surface area contributed by atoms with E-state index in [1.165, 1.54) is 0 Å². The maximum Gasteiger partial charge on any atom is 0.293 e. The van der Waals surface area contributed by atoms with Gasteiger partial charge in [0.25, 0.3) is 12.3 Å². The molecule has 7 rings (SSSR count). The van der Waals surface area contributed by atoms with Gasteiger partial charge in [0, 0.05) is 46.8 Å². The molecule has 1 fully saturated rings. The Hall–Kier alpha value is -4.68. The molecule has 5 aromatic rings.